The van der Waals surface area contributed by atoms with Gasteiger partial charge in [0.2, 0.25) is 0 Å². The minimum atomic E-state index is 0.448. The second kappa shape index (κ2) is 8.73. The third-order valence-electron chi connectivity index (χ3n) is 5.39. The summed E-state index contributed by atoms with van der Waals surface area (Å²) in [5, 5.41) is 14.6. The van der Waals surface area contributed by atoms with Gasteiger partial charge in [-0.25, -0.2) is 0 Å². The molecule has 28 heavy (non-hydrogen) atoms. The molecule has 0 bridgehead atoms. The van der Waals surface area contributed by atoms with E-state index in [4.69, 9.17) is 9.26 Å². The van der Waals surface area contributed by atoms with Crippen LogP contribution in [0.5, 0.6) is 5.75 Å². The predicted octanol–water partition coefficient (Wildman–Crippen LogP) is 4.76. The highest BCUT2D eigenvalue weighted by Crippen LogP contribution is 2.28. The number of ether oxygens (including phenoxy) is 1. The van der Waals surface area contributed by atoms with Crippen molar-refractivity contribution < 1.29 is 13.7 Å². The molecule has 5 heteroatoms. The molecule has 0 aliphatic rings. The topological polar surface area (TPSA) is 59.0 Å². The monoisotopic (exact) mass is 376 g/mol. The van der Waals surface area contributed by atoms with Gasteiger partial charge in [-0.2, -0.15) is 5.26 Å². The second-order valence-electron chi connectivity index (χ2n) is 7.06. The lowest BCUT2D eigenvalue weighted by atomic mass is 10.1. The number of benzene rings is 2. The molecule has 0 saturated carbocycles. The number of quaternary nitrogens is 1. The predicted molar refractivity (Wildman–Crippen MR) is 112 cm³/mol. The molecule has 0 atom stereocenters. The summed E-state index contributed by atoms with van der Waals surface area (Å²) in [4.78, 5) is 0. The van der Waals surface area contributed by atoms with Crippen molar-refractivity contribution in [1.82, 2.24) is 5.16 Å². The van der Waals surface area contributed by atoms with Crippen molar-refractivity contribution in [2.24, 2.45) is 0 Å². The molecule has 3 aromatic rings. The molecule has 2 aromatic carbocycles. The van der Waals surface area contributed by atoms with Crippen molar-refractivity contribution >= 4 is 22.6 Å². The van der Waals surface area contributed by atoms with Crippen LogP contribution in [0.3, 0.4) is 0 Å². The van der Waals surface area contributed by atoms with E-state index >= 15 is 0 Å². The van der Waals surface area contributed by atoms with E-state index in [-0.39, 0.29) is 0 Å². The minimum Gasteiger partial charge on any atom is -0.487 e. The first kappa shape index (κ1) is 19.7. The molecule has 0 spiro atoms. The maximum absolute atomic E-state index is 9.71. The zero-order valence-electron chi connectivity index (χ0n) is 16.7. The van der Waals surface area contributed by atoms with Gasteiger partial charge in [0.15, 0.2) is 5.58 Å². The van der Waals surface area contributed by atoms with E-state index in [1.54, 1.807) is 0 Å². The molecule has 5 nitrogen and oxygen atoms in total. The van der Waals surface area contributed by atoms with Gasteiger partial charge in [-0.3, -0.25) is 0 Å². The summed E-state index contributed by atoms with van der Waals surface area (Å²) in [6.45, 7) is 8.09. The average Bonchev–Trinajstić information content (AvgIpc) is 3.17. The zero-order valence-corrected chi connectivity index (χ0v) is 16.7. The molecule has 3 rings (SSSR count). The molecular weight excluding hydrogens is 350 g/mol. The minimum absolute atomic E-state index is 0.448. The molecule has 1 aromatic heterocycles. The highest BCUT2D eigenvalue weighted by atomic mass is 16.5. The largest absolute Gasteiger partial charge is 0.487 e. The van der Waals surface area contributed by atoms with E-state index in [0.29, 0.717) is 23.5 Å². The van der Waals surface area contributed by atoms with Crippen LogP contribution in [-0.4, -0.2) is 42.9 Å². The fourth-order valence-electron chi connectivity index (χ4n) is 3.04. The zero-order chi connectivity index (χ0) is 20.0. The molecule has 1 heterocycles. The van der Waals surface area contributed by atoms with Crippen LogP contribution in [0, 0.1) is 11.3 Å². The molecule has 144 valence electrons. The summed E-state index contributed by atoms with van der Waals surface area (Å²) in [5.41, 5.74) is 2.52. The van der Waals surface area contributed by atoms with E-state index in [1.807, 2.05) is 54.6 Å². The van der Waals surface area contributed by atoms with E-state index in [9.17, 15) is 5.26 Å². The first-order valence-electron chi connectivity index (χ1n) is 9.62. The van der Waals surface area contributed by atoms with Gasteiger partial charge in [-0.1, -0.05) is 35.5 Å². The molecule has 0 saturated heterocycles. The van der Waals surface area contributed by atoms with Crippen molar-refractivity contribution in [3.8, 4) is 11.8 Å². The summed E-state index contributed by atoms with van der Waals surface area (Å²) in [6.07, 6.45) is 1.81. The molecule has 0 aliphatic heterocycles. The lowest BCUT2D eigenvalue weighted by molar-refractivity contribution is -0.906. The van der Waals surface area contributed by atoms with Gasteiger partial charge in [-0.05, 0) is 38.1 Å². The molecule has 0 fully saturated rings. The van der Waals surface area contributed by atoms with Crippen molar-refractivity contribution in [2.75, 3.05) is 33.3 Å². The fraction of sp³-hybridized carbons (Fsp3) is 0.304. The Balaban J connectivity index is 1.86. The maximum atomic E-state index is 9.71. The summed E-state index contributed by atoms with van der Waals surface area (Å²) in [7, 11) is 2.23. The maximum Gasteiger partial charge on any atom is 0.167 e. The van der Waals surface area contributed by atoms with Crippen LogP contribution >= 0.6 is 0 Å². The number of allylic oxidation sites excluding steroid dienone is 1. The lowest BCUT2D eigenvalue weighted by Crippen LogP contribution is -2.46. The molecule has 0 aliphatic carbocycles. The Bertz CT molecular complexity index is 1010. The van der Waals surface area contributed by atoms with Crippen molar-refractivity contribution in [2.45, 2.75) is 13.8 Å². The lowest BCUT2D eigenvalue weighted by Gasteiger charge is -2.31. The Morgan fingerprint density at radius 1 is 1.14 bits per heavy atom. The Labute approximate surface area is 166 Å². The molecule has 0 unspecified atom stereocenters. The average molecular weight is 376 g/mol. The van der Waals surface area contributed by atoms with Crippen LogP contribution in [-0.2, 0) is 0 Å². The number of hydrogen-bond acceptors (Lipinski definition) is 4. The SMILES string of the molecule is CC[N+](C)(CC)CCOc1ccccc1/C=C(\C#N)c1noc2ccccc12. The van der Waals surface area contributed by atoms with Crippen LogP contribution in [0.15, 0.2) is 53.1 Å². The number of rotatable bonds is 8. The van der Waals surface area contributed by atoms with Crippen LogP contribution in [0.25, 0.3) is 22.6 Å². The second-order valence-corrected chi connectivity index (χ2v) is 7.06. The molecule has 0 N–H and O–H groups in total. The first-order chi connectivity index (χ1) is 13.6. The Kier molecular flexibility index (Phi) is 6.13. The number of hydrogen-bond donors (Lipinski definition) is 0. The molecule has 0 radical (unpaired) electrons. The van der Waals surface area contributed by atoms with Gasteiger partial charge in [0.05, 0.1) is 31.1 Å². The summed E-state index contributed by atoms with van der Waals surface area (Å²) in [5.74, 6) is 0.766. The Morgan fingerprint density at radius 2 is 1.86 bits per heavy atom. The van der Waals surface area contributed by atoms with E-state index in [2.05, 4.69) is 32.1 Å². The van der Waals surface area contributed by atoms with Crippen molar-refractivity contribution in [1.29, 1.82) is 5.26 Å². The van der Waals surface area contributed by atoms with Gasteiger partial charge < -0.3 is 13.7 Å². The Hall–Kier alpha value is -3.10. The quantitative estimate of drug-likeness (QED) is 0.420. The summed E-state index contributed by atoms with van der Waals surface area (Å²) >= 11 is 0. The highest BCUT2D eigenvalue weighted by molar-refractivity contribution is 5.99. The Morgan fingerprint density at radius 3 is 2.61 bits per heavy atom. The number of nitriles is 1. The molecular formula is C23H26N3O2+. The van der Waals surface area contributed by atoms with Gasteiger partial charge in [0.1, 0.15) is 30.7 Å². The third-order valence-corrected chi connectivity index (χ3v) is 5.39. The highest BCUT2D eigenvalue weighted by Gasteiger charge is 2.17. The molecule has 0 amide bonds. The van der Waals surface area contributed by atoms with E-state index in [1.165, 1.54) is 0 Å². The third kappa shape index (κ3) is 4.24. The number of fused-ring (bicyclic) bond motifs is 1. The first-order valence-corrected chi connectivity index (χ1v) is 9.62. The smallest absolute Gasteiger partial charge is 0.167 e. The normalized spacial score (nSPS) is 12.1. The van der Waals surface area contributed by atoms with Crippen LogP contribution < -0.4 is 4.74 Å². The number of para-hydroxylation sites is 2. The van der Waals surface area contributed by atoms with E-state index < -0.39 is 0 Å². The van der Waals surface area contributed by atoms with Crippen molar-refractivity contribution in [3.05, 3.63) is 59.8 Å². The standard InChI is InChI=1S/C23H26N3O2/c1-4-26(3,5-2)14-15-27-21-12-8-6-10-18(21)16-19(17-24)23-20-11-7-9-13-22(20)28-25-23/h6-13,16H,4-5,14-15H2,1-3H3/q+1/b19-16+. The van der Waals surface area contributed by atoms with Gasteiger partial charge in [0, 0.05) is 5.56 Å². The van der Waals surface area contributed by atoms with Crippen LogP contribution in [0.4, 0.5) is 0 Å². The van der Waals surface area contributed by atoms with Gasteiger partial charge >= 0.3 is 0 Å². The van der Waals surface area contributed by atoms with Crippen molar-refractivity contribution in [3.63, 3.8) is 0 Å². The number of aromatic nitrogens is 1. The summed E-state index contributed by atoms with van der Waals surface area (Å²) < 4.78 is 12.4. The summed E-state index contributed by atoms with van der Waals surface area (Å²) in [6, 6.07) is 17.6. The van der Waals surface area contributed by atoms with Crippen LogP contribution in [0.1, 0.15) is 25.1 Å². The van der Waals surface area contributed by atoms with Gasteiger partial charge in [0.25, 0.3) is 0 Å². The van der Waals surface area contributed by atoms with Crippen LogP contribution in [0.2, 0.25) is 0 Å². The number of nitrogens with zero attached hydrogens (tertiary/aromatic N) is 3. The fourth-order valence-corrected chi connectivity index (χ4v) is 3.04. The van der Waals surface area contributed by atoms with E-state index in [0.717, 1.165) is 40.8 Å². The number of likely N-dealkylation sites (N-methyl/N-ethyl adjacent to an activating group) is 1. The van der Waals surface area contributed by atoms with Gasteiger partial charge in [-0.15, -0.1) is 0 Å².